The highest BCUT2D eigenvalue weighted by molar-refractivity contribution is 7.89. The molecule has 0 saturated heterocycles. The summed E-state index contributed by atoms with van der Waals surface area (Å²) in [5.74, 6) is 5.27. The second-order valence-electron chi connectivity index (χ2n) is 7.42. The Morgan fingerprint density at radius 1 is 1.07 bits per heavy atom. The minimum atomic E-state index is -3.96. The van der Waals surface area contributed by atoms with E-state index < -0.39 is 10.0 Å². The van der Waals surface area contributed by atoms with Gasteiger partial charge in [-0.05, 0) is 24.5 Å². The zero-order valence-electron chi connectivity index (χ0n) is 16.7. The Bertz CT molecular complexity index is 989. The van der Waals surface area contributed by atoms with Crippen molar-refractivity contribution in [1.82, 2.24) is 9.62 Å². The minimum Gasteiger partial charge on any atom is -0.337 e. The van der Waals surface area contributed by atoms with Gasteiger partial charge in [0.1, 0.15) is 0 Å². The molecule has 2 aromatic rings. The lowest BCUT2D eigenvalue weighted by Crippen LogP contribution is -2.40. The zero-order chi connectivity index (χ0) is 21.6. The van der Waals surface area contributed by atoms with Crippen LogP contribution in [0.5, 0.6) is 0 Å². The predicted octanol–water partition coefficient (Wildman–Crippen LogP) is 2.47. The number of amides is 1. The van der Waals surface area contributed by atoms with Gasteiger partial charge >= 0.3 is 5.69 Å². The monoisotopic (exact) mass is 431 g/mol. The molecule has 2 aromatic carbocycles. The number of hydrogen-bond acceptors (Lipinski definition) is 4. The van der Waals surface area contributed by atoms with Crippen LogP contribution in [0.2, 0.25) is 0 Å². The van der Waals surface area contributed by atoms with Gasteiger partial charge in [-0.1, -0.05) is 55.3 Å². The summed E-state index contributed by atoms with van der Waals surface area (Å²) >= 11 is 0. The van der Waals surface area contributed by atoms with E-state index in [1.54, 1.807) is 4.90 Å². The number of benzene rings is 2. The van der Waals surface area contributed by atoms with Crippen molar-refractivity contribution in [2.45, 2.75) is 37.1 Å². The first-order chi connectivity index (χ1) is 14.4. The van der Waals surface area contributed by atoms with Gasteiger partial charge in [-0.2, -0.15) is 5.84 Å². The molecule has 0 spiro atoms. The molecule has 1 aliphatic carbocycles. The number of rotatable bonds is 9. The molecule has 1 aliphatic rings. The van der Waals surface area contributed by atoms with Gasteiger partial charge in [0.2, 0.25) is 15.9 Å². The van der Waals surface area contributed by atoms with Crippen molar-refractivity contribution in [2.24, 2.45) is 11.8 Å². The average molecular weight is 432 g/mol. The Hall–Kier alpha value is -2.78. The van der Waals surface area contributed by atoms with Crippen LogP contribution < -0.4 is 10.6 Å². The highest BCUT2D eigenvalue weighted by Crippen LogP contribution is 2.27. The molecule has 0 atom stereocenters. The van der Waals surface area contributed by atoms with E-state index in [4.69, 9.17) is 5.84 Å². The van der Waals surface area contributed by atoms with Crippen LogP contribution in [0, 0.1) is 10.8 Å². The van der Waals surface area contributed by atoms with Gasteiger partial charge in [0, 0.05) is 31.6 Å². The van der Waals surface area contributed by atoms with Crippen molar-refractivity contribution < 1.29 is 18.1 Å². The van der Waals surface area contributed by atoms with Crippen molar-refractivity contribution >= 4 is 21.6 Å². The molecule has 0 bridgehead atoms. The highest BCUT2D eigenvalue weighted by atomic mass is 32.2. The Labute approximate surface area is 176 Å². The van der Waals surface area contributed by atoms with E-state index in [1.165, 1.54) is 24.3 Å². The van der Waals surface area contributed by atoms with Crippen LogP contribution in [0.4, 0.5) is 5.69 Å². The third-order valence-corrected chi connectivity index (χ3v) is 6.81. The Balaban J connectivity index is 1.70. The summed E-state index contributed by atoms with van der Waals surface area (Å²) in [6.07, 6.45) is 3.84. The highest BCUT2D eigenvalue weighted by Gasteiger charge is 2.29. The first kappa shape index (κ1) is 21.9. The largest absolute Gasteiger partial charge is 0.337 e. The molecule has 1 fully saturated rings. The number of sulfonamides is 1. The summed E-state index contributed by atoms with van der Waals surface area (Å²) in [7, 11) is -3.96. The van der Waals surface area contributed by atoms with Crippen molar-refractivity contribution in [2.75, 3.05) is 13.1 Å². The van der Waals surface area contributed by atoms with Crippen LogP contribution in [0.15, 0.2) is 59.5 Å². The van der Waals surface area contributed by atoms with E-state index in [0.717, 1.165) is 31.2 Å². The topological polar surface area (TPSA) is 113 Å². The van der Waals surface area contributed by atoms with Gasteiger partial charge in [0.15, 0.2) is 9.76 Å². The summed E-state index contributed by atoms with van der Waals surface area (Å²) in [6.45, 7) is 0.687. The normalized spacial score (nSPS) is 14.5. The molecule has 0 radical (unpaired) electrons. The molecule has 1 amide bonds. The third-order valence-electron chi connectivity index (χ3n) is 5.30. The molecule has 3 rings (SSSR count). The number of para-hydroxylation sites is 1. The number of nitrogens with one attached hydrogen (secondary N) is 1. The number of nitrogens with two attached hydrogens (primary N) is 1. The van der Waals surface area contributed by atoms with E-state index in [0.29, 0.717) is 6.54 Å². The van der Waals surface area contributed by atoms with E-state index in [1.807, 2.05) is 30.3 Å². The SMILES string of the molecule is N[N+](=O)c1ccccc1S(=O)(=O)NCCN(Cc1ccccc1)C(=O)C1CCCC1. The fourth-order valence-corrected chi connectivity index (χ4v) is 4.97. The van der Waals surface area contributed by atoms with Crippen LogP contribution in [0.25, 0.3) is 0 Å². The smallest absolute Gasteiger partial charge is 0.311 e. The van der Waals surface area contributed by atoms with Crippen LogP contribution >= 0.6 is 0 Å². The molecule has 3 N–H and O–H groups in total. The van der Waals surface area contributed by atoms with Crippen LogP contribution in [-0.4, -0.2) is 37.2 Å². The number of carbonyl (C=O) groups excluding carboxylic acids is 1. The predicted molar refractivity (Wildman–Crippen MR) is 113 cm³/mol. The fraction of sp³-hybridized carbons (Fsp3) is 0.381. The fourth-order valence-electron chi connectivity index (χ4n) is 3.76. The second kappa shape index (κ2) is 9.82. The summed E-state index contributed by atoms with van der Waals surface area (Å²) in [6, 6.07) is 15.3. The van der Waals surface area contributed by atoms with E-state index in [9.17, 15) is 18.1 Å². The molecule has 9 heteroatoms. The lowest BCUT2D eigenvalue weighted by atomic mass is 10.1. The zero-order valence-corrected chi connectivity index (χ0v) is 17.6. The second-order valence-corrected chi connectivity index (χ2v) is 9.15. The van der Waals surface area contributed by atoms with Crippen LogP contribution in [0.1, 0.15) is 31.2 Å². The van der Waals surface area contributed by atoms with E-state index in [2.05, 4.69) is 4.72 Å². The van der Waals surface area contributed by atoms with E-state index in [-0.39, 0.29) is 40.4 Å². The van der Waals surface area contributed by atoms with Crippen LogP contribution in [-0.2, 0) is 21.4 Å². The first-order valence-corrected chi connectivity index (χ1v) is 11.5. The number of nitrogens with zero attached hydrogens (tertiary/aromatic N) is 2. The molecule has 1 saturated carbocycles. The Morgan fingerprint density at radius 3 is 2.37 bits per heavy atom. The lowest BCUT2D eigenvalue weighted by Gasteiger charge is -2.26. The van der Waals surface area contributed by atoms with Crippen molar-refractivity contribution in [3.05, 3.63) is 65.1 Å². The average Bonchev–Trinajstić information content (AvgIpc) is 3.28. The maximum Gasteiger partial charge on any atom is 0.311 e. The van der Waals surface area contributed by atoms with E-state index >= 15 is 0 Å². The number of hydrogen-bond donors (Lipinski definition) is 2. The maximum atomic E-state index is 13.0. The molecular weight excluding hydrogens is 404 g/mol. The molecule has 0 aliphatic heterocycles. The van der Waals surface area contributed by atoms with Gasteiger partial charge in [-0.3, -0.25) is 4.79 Å². The number of nitroso groups, excluding NO2 is 1. The van der Waals surface area contributed by atoms with Gasteiger partial charge in [-0.25, -0.2) is 13.1 Å². The van der Waals surface area contributed by atoms with Crippen molar-refractivity contribution in [3.8, 4) is 0 Å². The van der Waals surface area contributed by atoms with Crippen molar-refractivity contribution in [1.29, 1.82) is 0 Å². The van der Waals surface area contributed by atoms with Gasteiger partial charge in [-0.15, -0.1) is 0 Å². The summed E-state index contributed by atoms with van der Waals surface area (Å²) in [4.78, 5) is 26.0. The first-order valence-electron chi connectivity index (χ1n) is 10.0. The maximum absolute atomic E-state index is 13.0. The third kappa shape index (κ3) is 5.43. The Morgan fingerprint density at radius 2 is 1.70 bits per heavy atom. The molecule has 30 heavy (non-hydrogen) atoms. The van der Waals surface area contributed by atoms with Gasteiger partial charge in [0.25, 0.3) is 0 Å². The summed E-state index contributed by atoms with van der Waals surface area (Å²) < 4.78 is 27.9. The minimum absolute atomic E-state index is 0.00249. The summed E-state index contributed by atoms with van der Waals surface area (Å²) in [5, 5.41) is 0. The summed E-state index contributed by atoms with van der Waals surface area (Å²) in [5.41, 5.74) is 0.843. The number of carbonyl (C=O) groups is 1. The molecular formula is C21H27N4O4S+. The number of hydrazine groups is 1. The Kier molecular flexibility index (Phi) is 7.17. The standard InChI is InChI=1S/C21H27N4O4S/c22-25(27)19-12-6-7-13-20(19)30(28,29)23-14-15-24(16-17-8-2-1-3-9-17)21(26)18-10-4-5-11-18/h1-3,6-9,12-13,18,23H,4-5,10-11,14-16H2,(H2,22,27)/q+1. The van der Waals surface area contributed by atoms with Crippen molar-refractivity contribution in [3.63, 3.8) is 0 Å². The molecule has 0 aromatic heterocycles. The van der Waals surface area contributed by atoms with Gasteiger partial charge < -0.3 is 4.90 Å². The van der Waals surface area contributed by atoms with Gasteiger partial charge in [0.05, 0.1) is 4.91 Å². The lowest BCUT2D eigenvalue weighted by molar-refractivity contribution is -0.477. The molecule has 8 nitrogen and oxygen atoms in total. The quantitative estimate of drug-likeness (QED) is 0.360. The molecule has 0 unspecified atom stereocenters. The molecule has 160 valence electrons. The molecule has 0 heterocycles. The van der Waals surface area contributed by atoms with Crippen LogP contribution in [0.3, 0.4) is 0 Å².